The summed E-state index contributed by atoms with van der Waals surface area (Å²) >= 11 is 0. The van der Waals surface area contributed by atoms with Gasteiger partial charge in [0, 0.05) is 12.5 Å². The Kier molecular flexibility index (Phi) is 6.46. The molecule has 0 spiro atoms. The van der Waals surface area contributed by atoms with Crippen LogP contribution in [0.25, 0.3) is 0 Å². The lowest BCUT2D eigenvalue weighted by molar-refractivity contribution is -0.123. The molecule has 1 aromatic carbocycles. The Morgan fingerprint density at radius 2 is 1.87 bits per heavy atom. The lowest BCUT2D eigenvalue weighted by atomic mass is 9.92. The third-order valence-electron chi connectivity index (χ3n) is 4.89. The molecule has 0 aromatic heterocycles. The van der Waals surface area contributed by atoms with E-state index in [1.807, 2.05) is 12.1 Å². The number of piperidine rings is 1. The predicted octanol–water partition coefficient (Wildman–Crippen LogP) is 3.47. The maximum absolute atomic E-state index is 12.4. The lowest BCUT2D eigenvalue weighted by Gasteiger charge is -2.34. The fourth-order valence-electron chi connectivity index (χ4n) is 3.32. The molecule has 1 aromatic rings. The van der Waals surface area contributed by atoms with Crippen LogP contribution in [-0.2, 0) is 4.79 Å². The molecule has 1 atom stereocenters. The Morgan fingerprint density at radius 1 is 1.26 bits per heavy atom. The summed E-state index contributed by atoms with van der Waals surface area (Å²) in [6, 6.07) is 7.73. The highest BCUT2D eigenvalue weighted by atomic mass is 16.3. The van der Waals surface area contributed by atoms with Gasteiger partial charge >= 0.3 is 0 Å². The van der Waals surface area contributed by atoms with E-state index in [9.17, 15) is 9.90 Å². The molecular weight excluding hydrogens is 288 g/mol. The normalized spacial score (nSPS) is 18.1. The smallest absolute Gasteiger partial charge is 0.220 e. The number of nitrogens with one attached hydrogen (secondary N) is 1. The molecule has 1 amide bonds. The first kappa shape index (κ1) is 17.8. The number of benzene rings is 1. The summed E-state index contributed by atoms with van der Waals surface area (Å²) in [6.07, 6.45) is 3.70. The van der Waals surface area contributed by atoms with Crippen molar-refractivity contribution in [3.63, 3.8) is 0 Å². The number of likely N-dealkylation sites (tertiary alicyclic amines) is 1. The van der Waals surface area contributed by atoms with E-state index >= 15 is 0 Å². The van der Waals surface area contributed by atoms with Gasteiger partial charge in [-0.05, 0) is 69.8 Å². The van der Waals surface area contributed by atoms with Crippen LogP contribution < -0.4 is 5.32 Å². The first-order chi connectivity index (χ1) is 11.0. The zero-order chi connectivity index (χ0) is 16.8. The number of carbonyl (C=O) groups excluding carboxylic acids is 1. The molecule has 4 nitrogen and oxygen atoms in total. The van der Waals surface area contributed by atoms with Crippen molar-refractivity contribution in [2.24, 2.45) is 5.92 Å². The topological polar surface area (TPSA) is 52.6 Å². The van der Waals surface area contributed by atoms with Gasteiger partial charge in [-0.25, -0.2) is 0 Å². The van der Waals surface area contributed by atoms with Gasteiger partial charge in [0.1, 0.15) is 5.75 Å². The number of aromatic hydroxyl groups is 1. The minimum absolute atomic E-state index is 0.0267. The van der Waals surface area contributed by atoms with Crippen LogP contribution >= 0.6 is 0 Å². The van der Waals surface area contributed by atoms with Gasteiger partial charge in [0.05, 0.1) is 6.04 Å². The third kappa shape index (κ3) is 5.24. The Hall–Kier alpha value is -1.55. The van der Waals surface area contributed by atoms with E-state index in [1.54, 1.807) is 12.1 Å². The second-order valence-electron chi connectivity index (χ2n) is 6.90. The number of phenols is 1. The minimum atomic E-state index is 0.0267. The van der Waals surface area contributed by atoms with Crippen LogP contribution in [0.1, 0.15) is 58.1 Å². The molecule has 128 valence electrons. The molecule has 1 saturated heterocycles. The molecule has 2 N–H and O–H groups in total. The van der Waals surface area contributed by atoms with Crippen molar-refractivity contribution >= 4 is 5.91 Å². The predicted molar refractivity (Wildman–Crippen MR) is 93.3 cm³/mol. The number of nitrogens with zero attached hydrogens (tertiary/aromatic N) is 1. The first-order valence-electron chi connectivity index (χ1n) is 8.82. The van der Waals surface area contributed by atoms with Crippen LogP contribution in [0, 0.1) is 5.92 Å². The van der Waals surface area contributed by atoms with Gasteiger partial charge in [-0.2, -0.15) is 0 Å². The van der Waals surface area contributed by atoms with E-state index in [0.29, 0.717) is 18.4 Å². The molecule has 23 heavy (non-hydrogen) atoms. The largest absolute Gasteiger partial charge is 0.508 e. The fourth-order valence-corrected chi connectivity index (χ4v) is 3.32. The molecule has 0 radical (unpaired) electrons. The number of phenolic OH excluding ortho intramolecular Hbond substituents is 1. The van der Waals surface area contributed by atoms with Crippen molar-refractivity contribution in [3.8, 4) is 5.75 Å². The molecule has 1 aliphatic rings. The van der Waals surface area contributed by atoms with Crippen molar-refractivity contribution < 1.29 is 9.90 Å². The number of amides is 1. The van der Waals surface area contributed by atoms with Gasteiger partial charge in [0.2, 0.25) is 5.91 Å². The molecule has 1 fully saturated rings. The maximum atomic E-state index is 12.4. The van der Waals surface area contributed by atoms with Crippen molar-refractivity contribution in [1.29, 1.82) is 0 Å². The zero-order valence-corrected chi connectivity index (χ0v) is 14.6. The Balaban J connectivity index is 1.82. The SMILES string of the molecule is CC[C@H](NC(=O)CC1CCN(C(C)C)CC1)c1ccc(O)cc1. The molecule has 0 aliphatic carbocycles. The summed E-state index contributed by atoms with van der Waals surface area (Å²) in [5, 5.41) is 12.5. The van der Waals surface area contributed by atoms with Gasteiger partial charge in [-0.1, -0.05) is 19.1 Å². The summed E-state index contributed by atoms with van der Waals surface area (Å²) < 4.78 is 0. The molecule has 2 rings (SSSR count). The van der Waals surface area contributed by atoms with Crippen LogP contribution in [0.15, 0.2) is 24.3 Å². The highest BCUT2D eigenvalue weighted by Crippen LogP contribution is 2.23. The van der Waals surface area contributed by atoms with Crippen molar-refractivity contribution in [1.82, 2.24) is 10.2 Å². The number of carbonyl (C=O) groups is 1. The first-order valence-corrected chi connectivity index (χ1v) is 8.82. The third-order valence-corrected chi connectivity index (χ3v) is 4.89. The Bertz CT molecular complexity index is 491. The van der Waals surface area contributed by atoms with Crippen molar-refractivity contribution in [2.45, 2.75) is 58.5 Å². The van der Waals surface area contributed by atoms with E-state index < -0.39 is 0 Å². The van der Waals surface area contributed by atoms with Crippen LogP contribution in [-0.4, -0.2) is 35.0 Å². The molecule has 0 unspecified atom stereocenters. The Labute approximate surface area is 139 Å². The van der Waals surface area contributed by atoms with E-state index in [1.165, 1.54) is 0 Å². The standard InChI is InChI=1S/C19H30N2O2/c1-4-18(16-5-7-17(22)8-6-16)20-19(23)13-15-9-11-21(12-10-15)14(2)3/h5-8,14-15,18,22H,4,9-13H2,1-3H3,(H,20,23)/t18-/m0/s1. The number of rotatable bonds is 6. The van der Waals surface area contributed by atoms with Gasteiger partial charge in [0.15, 0.2) is 0 Å². The van der Waals surface area contributed by atoms with Gasteiger partial charge in [-0.15, -0.1) is 0 Å². The van der Waals surface area contributed by atoms with E-state index in [0.717, 1.165) is 37.9 Å². The monoisotopic (exact) mass is 318 g/mol. The molecule has 4 heteroatoms. The van der Waals surface area contributed by atoms with Gasteiger partial charge in [-0.3, -0.25) is 4.79 Å². The highest BCUT2D eigenvalue weighted by Gasteiger charge is 2.23. The molecule has 1 heterocycles. The van der Waals surface area contributed by atoms with Crippen molar-refractivity contribution in [2.75, 3.05) is 13.1 Å². The van der Waals surface area contributed by atoms with Crippen molar-refractivity contribution in [3.05, 3.63) is 29.8 Å². The van der Waals surface area contributed by atoms with Gasteiger partial charge in [0.25, 0.3) is 0 Å². The van der Waals surface area contributed by atoms with E-state index in [2.05, 4.69) is 31.0 Å². The summed E-state index contributed by atoms with van der Waals surface area (Å²) in [6.45, 7) is 8.74. The quantitative estimate of drug-likeness (QED) is 0.844. The number of hydrogen-bond donors (Lipinski definition) is 2. The second-order valence-corrected chi connectivity index (χ2v) is 6.90. The summed E-state index contributed by atoms with van der Waals surface area (Å²) in [7, 11) is 0. The minimum Gasteiger partial charge on any atom is -0.508 e. The summed E-state index contributed by atoms with van der Waals surface area (Å²) in [5.74, 6) is 0.905. The van der Waals surface area contributed by atoms with Crippen LogP contribution in [0.4, 0.5) is 0 Å². The molecule has 0 saturated carbocycles. The van der Waals surface area contributed by atoms with Crippen LogP contribution in [0.3, 0.4) is 0 Å². The fraction of sp³-hybridized carbons (Fsp3) is 0.632. The average Bonchev–Trinajstić information content (AvgIpc) is 2.54. The van der Waals surface area contributed by atoms with E-state index in [-0.39, 0.29) is 17.7 Å². The highest BCUT2D eigenvalue weighted by molar-refractivity contribution is 5.76. The van der Waals surface area contributed by atoms with Crippen LogP contribution in [0.2, 0.25) is 0 Å². The summed E-state index contributed by atoms with van der Waals surface area (Å²) in [4.78, 5) is 14.8. The average molecular weight is 318 g/mol. The second kappa shape index (κ2) is 8.34. The maximum Gasteiger partial charge on any atom is 0.220 e. The lowest BCUT2D eigenvalue weighted by Crippen LogP contribution is -2.40. The Morgan fingerprint density at radius 3 is 2.39 bits per heavy atom. The molecule has 1 aliphatic heterocycles. The molecular formula is C19H30N2O2. The van der Waals surface area contributed by atoms with Gasteiger partial charge < -0.3 is 15.3 Å². The zero-order valence-electron chi connectivity index (χ0n) is 14.6. The van der Waals surface area contributed by atoms with E-state index in [4.69, 9.17) is 0 Å². The molecule has 0 bridgehead atoms. The summed E-state index contributed by atoms with van der Waals surface area (Å²) in [5.41, 5.74) is 1.05. The van der Waals surface area contributed by atoms with Crippen LogP contribution in [0.5, 0.6) is 5.75 Å². The number of hydrogen-bond acceptors (Lipinski definition) is 3.